The number of carbonyl (C=O) groups is 1. The maximum atomic E-state index is 12.6. The van der Waals surface area contributed by atoms with Crippen molar-refractivity contribution in [2.75, 3.05) is 12.4 Å². The third-order valence-corrected chi connectivity index (χ3v) is 4.86. The molecule has 4 aromatic rings. The number of methoxy groups -OCH3 is 1. The molecule has 7 heteroatoms. The number of pyridine rings is 1. The molecule has 1 amide bonds. The highest BCUT2D eigenvalue weighted by Crippen LogP contribution is 2.28. The van der Waals surface area contributed by atoms with Crippen molar-refractivity contribution in [3.8, 4) is 5.75 Å². The second-order valence-corrected chi connectivity index (χ2v) is 6.83. The number of nitrogens with zero attached hydrogens (tertiary/aromatic N) is 1. The number of rotatable bonds is 5. The van der Waals surface area contributed by atoms with Gasteiger partial charge >= 0.3 is 0 Å². The zero-order chi connectivity index (χ0) is 20.4. The van der Waals surface area contributed by atoms with Crippen molar-refractivity contribution in [2.45, 2.75) is 6.54 Å². The number of aromatic nitrogens is 1. The number of hydrogen-bond donors (Lipinski definition) is 1. The first kappa shape index (κ1) is 18.8. The standard InChI is InChI=1S/C22H17ClN2O4/c1-28-18-8-4-6-14-11-19(29-21(14)18)22(27)24-16-9-10-20(26)25(13-16)12-15-5-2-3-7-17(15)23/h2-11,13H,12H2,1H3,(H,24,27). The summed E-state index contributed by atoms with van der Waals surface area (Å²) in [6.45, 7) is 0.296. The predicted molar refractivity (Wildman–Crippen MR) is 112 cm³/mol. The number of benzene rings is 2. The Kier molecular flexibility index (Phi) is 5.10. The van der Waals surface area contributed by atoms with E-state index in [1.807, 2.05) is 30.3 Å². The number of halogens is 1. The van der Waals surface area contributed by atoms with Crippen LogP contribution in [0.4, 0.5) is 5.69 Å². The fourth-order valence-electron chi connectivity index (χ4n) is 3.04. The largest absolute Gasteiger partial charge is 0.493 e. The zero-order valence-corrected chi connectivity index (χ0v) is 16.3. The number of para-hydroxylation sites is 1. The lowest BCUT2D eigenvalue weighted by Gasteiger charge is -2.10. The Morgan fingerprint density at radius 3 is 2.76 bits per heavy atom. The second kappa shape index (κ2) is 7.85. The van der Waals surface area contributed by atoms with E-state index in [0.29, 0.717) is 28.6 Å². The van der Waals surface area contributed by atoms with E-state index in [0.717, 1.165) is 10.9 Å². The van der Waals surface area contributed by atoms with Crippen LogP contribution >= 0.6 is 11.6 Å². The molecule has 2 aromatic heterocycles. The number of fused-ring (bicyclic) bond motifs is 1. The summed E-state index contributed by atoms with van der Waals surface area (Å²) in [6, 6.07) is 17.3. The van der Waals surface area contributed by atoms with Gasteiger partial charge in [-0.2, -0.15) is 0 Å². The predicted octanol–water partition coefficient (Wildman–Crippen LogP) is 4.56. The van der Waals surface area contributed by atoms with Gasteiger partial charge in [-0.15, -0.1) is 0 Å². The molecule has 2 aromatic carbocycles. The van der Waals surface area contributed by atoms with Crippen LogP contribution in [0.2, 0.25) is 5.02 Å². The van der Waals surface area contributed by atoms with Crippen molar-refractivity contribution in [2.24, 2.45) is 0 Å². The van der Waals surface area contributed by atoms with E-state index in [1.165, 1.54) is 10.6 Å². The fourth-order valence-corrected chi connectivity index (χ4v) is 3.24. The van der Waals surface area contributed by atoms with Crippen LogP contribution in [0.15, 0.2) is 76.1 Å². The van der Waals surface area contributed by atoms with Crippen LogP contribution in [-0.2, 0) is 6.54 Å². The van der Waals surface area contributed by atoms with Crippen LogP contribution in [0.3, 0.4) is 0 Å². The van der Waals surface area contributed by atoms with E-state index in [-0.39, 0.29) is 11.3 Å². The van der Waals surface area contributed by atoms with Crippen LogP contribution < -0.4 is 15.6 Å². The van der Waals surface area contributed by atoms with Crippen LogP contribution in [0.5, 0.6) is 5.75 Å². The molecule has 146 valence electrons. The lowest BCUT2D eigenvalue weighted by Crippen LogP contribution is -2.21. The normalized spacial score (nSPS) is 10.8. The lowest BCUT2D eigenvalue weighted by atomic mass is 10.2. The van der Waals surface area contributed by atoms with Gasteiger partial charge in [-0.05, 0) is 29.8 Å². The summed E-state index contributed by atoms with van der Waals surface area (Å²) in [5.41, 5.74) is 1.58. The maximum Gasteiger partial charge on any atom is 0.291 e. The van der Waals surface area contributed by atoms with Crippen LogP contribution in [0.25, 0.3) is 11.0 Å². The SMILES string of the molecule is COc1cccc2cc(C(=O)Nc3ccc(=O)n(Cc4ccccc4Cl)c3)oc12. The number of furan rings is 1. The van der Waals surface area contributed by atoms with Gasteiger partial charge < -0.3 is 19.0 Å². The van der Waals surface area contributed by atoms with Gasteiger partial charge in [0.1, 0.15) is 0 Å². The summed E-state index contributed by atoms with van der Waals surface area (Å²) in [7, 11) is 1.54. The Morgan fingerprint density at radius 1 is 1.14 bits per heavy atom. The van der Waals surface area contributed by atoms with Gasteiger partial charge in [0, 0.05) is 22.7 Å². The fraction of sp³-hybridized carbons (Fsp3) is 0.0909. The third-order valence-electron chi connectivity index (χ3n) is 4.49. The number of amides is 1. The number of nitrogens with one attached hydrogen (secondary N) is 1. The molecule has 2 heterocycles. The Balaban J connectivity index is 1.59. The molecule has 0 saturated carbocycles. The van der Waals surface area contributed by atoms with Gasteiger partial charge in [0.25, 0.3) is 11.5 Å². The second-order valence-electron chi connectivity index (χ2n) is 6.42. The number of ether oxygens (including phenoxy) is 1. The minimum absolute atomic E-state index is 0.147. The molecule has 0 spiro atoms. The smallest absolute Gasteiger partial charge is 0.291 e. The Hall–Kier alpha value is -3.51. The summed E-state index contributed by atoms with van der Waals surface area (Å²) in [5, 5.41) is 4.09. The van der Waals surface area contributed by atoms with E-state index < -0.39 is 5.91 Å². The zero-order valence-electron chi connectivity index (χ0n) is 15.5. The van der Waals surface area contributed by atoms with E-state index in [4.69, 9.17) is 20.8 Å². The van der Waals surface area contributed by atoms with Crippen LogP contribution in [0, 0.1) is 0 Å². The van der Waals surface area contributed by atoms with E-state index >= 15 is 0 Å². The van der Waals surface area contributed by atoms with Gasteiger partial charge in [0.2, 0.25) is 0 Å². The highest BCUT2D eigenvalue weighted by molar-refractivity contribution is 6.31. The molecule has 0 bridgehead atoms. The Bertz CT molecular complexity index is 1260. The lowest BCUT2D eigenvalue weighted by molar-refractivity contribution is 0.0998. The molecule has 0 aliphatic rings. The quantitative estimate of drug-likeness (QED) is 0.525. The summed E-state index contributed by atoms with van der Waals surface area (Å²) in [5.74, 6) is 0.273. The van der Waals surface area contributed by atoms with E-state index in [2.05, 4.69) is 5.32 Å². The molecule has 0 atom stereocenters. The molecule has 0 saturated heterocycles. The molecule has 0 radical (unpaired) electrons. The Labute approximate surface area is 171 Å². The van der Waals surface area contributed by atoms with Gasteiger partial charge in [0.15, 0.2) is 17.1 Å². The van der Waals surface area contributed by atoms with Crippen molar-refractivity contribution in [3.63, 3.8) is 0 Å². The van der Waals surface area contributed by atoms with Crippen molar-refractivity contribution in [3.05, 3.63) is 93.6 Å². The number of carbonyl (C=O) groups excluding carboxylic acids is 1. The van der Waals surface area contributed by atoms with Crippen LogP contribution in [-0.4, -0.2) is 17.6 Å². The molecular formula is C22H17ClN2O4. The first-order chi connectivity index (χ1) is 14.0. The summed E-state index contributed by atoms with van der Waals surface area (Å²) < 4.78 is 12.4. The van der Waals surface area contributed by atoms with Crippen molar-refractivity contribution in [1.82, 2.24) is 4.57 Å². The molecular weight excluding hydrogens is 392 g/mol. The molecule has 0 fully saturated rings. The highest BCUT2D eigenvalue weighted by atomic mass is 35.5. The van der Waals surface area contributed by atoms with E-state index in [9.17, 15) is 9.59 Å². The molecule has 4 rings (SSSR count). The number of anilines is 1. The topological polar surface area (TPSA) is 73.5 Å². The highest BCUT2D eigenvalue weighted by Gasteiger charge is 2.15. The molecule has 0 unspecified atom stereocenters. The molecule has 1 N–H and O–H groups in total. The average molecular weight is 409 g/mol. The first-order valence-corrected chi connectivity index (χ1v) is 9.25. The van der Waals surface area contributed by atoms with Crippen molar-refractivity contribution in [1.29, 1.82) is 0 Å². The van der Waals surface area contributed by atoms with Gasteiger partial charge in [0.05, 0.1) is 19.3 Å². The monoisotopic (exact) mass is 408 g/mol. The van der Waals surface area contributed by atoms with Crippen molar-refractivity contribution < 1.29 is 13.9 Å². The molecule has 0 aliphatic heterocycles. The maximum absolute atomic E-state index is 12.6. The molecule has 0 aliphatic carbocycles. The number of hydrogen-bond acceptors (Lipinski definition) is 4. The molecule has 29 heavy (non-hydrogen) atoms. The average Bonchev–Trinajstić information content (AvgIpc) is 3.17. The van der Waals surface area contributed by atoms with Gasteiger partial charge in [-0.25, -0.2) is 0 Å². The van der Waals surface area contributed by atoms with E-state index in [1.54, 1.807) is 37.6 Å². The summed E-state index contributed by atoms with van der Waals surface area (Å²) in [6.07, 6.45) is 1.58. The first-order valence-electron chi connectivity index (χ1n) is 8.87. The van der Waals surface area contributed by atoms with Crippen molar-refractivity contribution >= 4 is 34.2 Å². The summed E-state index contributed by atoms with van der Waals surface area (Å²) in [4.78, 5) is 24.8. The minimum atomic E-state index is -0.425. The minimum Gasteiger partial charge on any atom is -0.493 e. The van der Waals surface area contributed by atoms with Gasteiger partial charge in [-0.1, -0.05) is 41.9 Å². The molecule has 6 nitrogen and oxygen atoms in total. The third kappa shape index (κ3) is 3.88. The van der Waals surface area contributed by atoms with Gasteiger partial charge in [-0.3, -0.25) is 9.59 Å². The summed E-state index contributed by atoms with van der Waals surface area (Å²) >= 11 is 6.19. The van der Waals surface area contributed by atoms with Crippen LogP contribution in [0.1, 0.15) is 16.1 Å². The Morgan fingerprint density at radius 2 is 1.97 bits per heavy atom.